The summed E-state index contributed by atoms with van der Waals surface area (Å²) in [5, 5.41) is 2.91. The van der Waals surface area contributed by atoms with Crippen molar-refractivity contribution in [3.8, 4) is 0 Å². The van der Waals surface area contributed by atoms with Crippen molar-refractivity contribution in [2.75, 3.05) is 19.6 Å². The molecule has 0 radical (unpaired) electrons. The highest BCUT2D eigenvalue weighted by molar-refractivity contribution is 6.12. The molecule has 0 bridgehead atoms. The molecule has 0 saturated heterocycles. The van der Waals surface area contributed by atoms with E-state index in [-0.39, 0.29) is 24.1 Å². The Morgan fingerprint density at radius 1 is 1.27 bits per heavy atom. The Kier molecular flexibility index (Phi) is 3.99. The van der Waals surface area contributed by atoms with Gasteiger partial charge in [0.15, 0.2) is 0 Å². The summed E-state index contributed by atoms with van der Waals surface area (Å²) in [5.74, 6) is -0.967. The predicted octanol–water partition coefficient (Wildman–Crippen LogP) is -1.62. The van der Waals surface area contributed by atoms with Crippen LogP contribution in [0.5, 0.6) is 0 Å². The summed E-state index contributed by atoms with van der Waals surface area (Å²) in [7, 11) is 0. The van der Waals surface area contributed by atoms with Crippen LogP contribution >= 0.6 is 0 Å². The molecule has 0 spiro atoms. The van der Waals surface area contributed by atoms with Gasteiger partial charge in [-0.15, -0.1) is 0 Å². The van der Waals surface area contributed by atoms with Crippen molar-refractivity contribution in [3.05, 3.63) is 12.2 Å². The molecule has 1 rings (SSSR count). The van der Waals surface area contributed by atoms with E-state index in [9.17, 15) is 14.4 Å². The zero-order valence-corrected chi connectivity index (χ0v) is 8.23. The van der Waals surface area contributed by atoms with Gasteiger partial charge in [-0.1, -0.05) is 0 Å². The molecule has 15 heavy (non-hydrogen) atoms. The van der Waals surface area contributed by atoms with E-state index in [1.54, 1.807) is 0 Å². The summed E-state index contributed by atoms with van der Waals surface area (Å²) < 4.78 is 0. The van der Waals surface area contributed by atoms with Gasteiger partial charge in [0, 0.05) is 38.2 Å². The van der Waals surface area contributed by atoms with E-state index in [1.165, 1.54) is 12.2 Å². The first-order valence-electron chi connectivity index (χ1n) is 4.64. The molecule has 0 aromatic heterocycles. The number of rotatable bonds is 6. The van der Waals surface area contributed by atoms with Crippen molar-refractivity contribution >= 4 is 17.7 Å². The number of nitrogens with zero attached hydrogens (tertiary/aromatic N) is 1. The molecule has 0 aromatic rings. The zero-order chi connectivity index (χ0) is 11.3. The molecule has 0 aromatic carbocycles. The summed E-state index contributed by atoms with van der Waals surface area (Å²) in [6.07, 6.45) is 2.73. The Morgan fingerprint density at radius 2 is 1.87 bits per heavy atom. The van der Waals surface area contributed by atoms with E-state index in [4.69, 9.17) is 5.73 Å². The van der Waals surface area contributed by atoms with Crippen LogP contribution in [0.2, 0.25) is 0 Å². The van der Waals surface area contributed by atoms with Crippen LogP contribution in [0.1, 0.15) is 6.42 Å². The molecule has 6 heteroatoms. The average Bonchev–Trinajstić information content (AvgIpc) is 2.47. The molecule has 3 amide bonds. The Hall–Kier alpha value is -1.69. The van der Waals surface area contributed by atoms with Crippen molar-refractivity contribution in [1.29, 1.82) is 0 Å². The van der Waals surface area contributed by atoms with Crippen molar-refractivity contribution in [2.45, 2.75) is 6.42 Å². The maximum absolute atomic E-state index is 11.1. The number of carbonyl (C=O) groups is 3. The average molecular weight is 211 g/mol. The van der Waals surface area contributed by atoms with Gasteiger partial charge < -0.3 is 11.1 Å². The lowest BCUT2D eigenvalue weighted by Crippen LogP contribution is -2.37. The van der Waals surface area contributed by atoms with Gasteiger partial charge in [-0.05, 0) is 0 Å². The minimum atomic E-state index is -0.377. The predicted molar refractivity (Wildman–Crippen MR) is 52.5 cm³/mol. The van der Waals surface area contributed by atoms with Crippen molar-refractivity contribution in [3.63, 3.8) is 0 Å². The van der Waals surface area contributed by atoms with Gasteiger partial charge in [-0.3, -0.25) is 19.3 Å². The number of amides is 3. The number of nitrogens with one attached hydrogen (secondary N) is 1. The standard InChI is InChI=1S/C9H13N3O3/c10-7(13)3-4-11-5-6-12-8(14)1-2-9(12)15/h1-2,11H,3-6H2,(H2,10,13). The molecular weight excluding hydrogens is 198 g/mol. The summed E-state index contributed by atoms with van der Waals surface area (Å²) >= 11 is 0. The minimum Gasteiger partial charge on any atom is -0.370 e. The summed E-state index contributed by atoms with van der Waals surface area (Å²) in [6, 6.07) is 0. The van der Waals surface area contributed by atoms with E-state index >= 15 is 0 Å². The third-order valence-electron chi connectivity index (χ3n) is 1.96. The molecular formula is C9H13N3O3. The number of imide groups is 1. The highest BCUT2D eigenvalue weighted by Gasteiger charge is 2.21. The van der Waals surface area contributed by atoms with Crippen LogP contribution in [0.25, 0.3) is 0 Å². The number of carbonyl (C=O) groups excluding carboxylic acids is 3. The highest BCUT2D eigenvalue weighted by atomic mass is 16.2. The summed E-state index contributed by atoms with van der Waals surface area (Å²) in [5.41, 5.74) is 4.93. The maximum atomic E-state index is 11.1. The first-order chi connectivity index (χ1) is 7.11. The summed E-state index contributed by atoms with van der Waals surface area (Å²) in [4.78, 5) is 33.7. The number of nitrogens with two attached hydrogens (primary N) is 1. The second kappa shape index (κ2) is 5.26. The van der Waals surface area contributed by atoms with Gasteiger partial charge in [0.2, 0.25) is 5.91 Å². The lowest BCUT2D eigenvalue weighted by atomic mass is 10.4. The van der Waals surface area contributed by atoms with Crippen LogP contribution in [0.3, 0.4) is 0 Å². The van der Waals surface area contributed by atoms with Gasteiger partial charge in [0.05, 0.1) is 0 Å². The monoisotopic (exact) mass is 211 g/mol. The minimum absolute atomic E-state index is 0.250. The normalized spacial score (nSPS) is 15.1. The molecule has 1 aliphatic rings. The molecule has 1 heterocycles. The number of primary amides is 1. The zero-order valence-electron chi connectivity index (χ0n) is 8.23. The van der Waals surface area contributed by atoms with Gasteiger partial charge in [-0.2, -0.15) is 0 Å². The second-order valence-electron chi connectivity index (χ2n) is 3.13. The fraction of sp³-hybridized carbons (Fsp3) is 0.444. The molecule has 0 unspecified atom stereocenters. The molecule has 0 fully saturated rings. The molecule has 3 N–H and O–H groups in total. The van der Waals surface area contributed by atoms with Gasteiger partial charge in [0.25, 0.3) is 11.8 Å². The van der Waals surface area contributed by atoms with E-state index in [1.807, 2.05) is 0 Å². The SMILES string of the molecule is NC(=O)CCNCCN1C(=O)C=CC1=O. The van der Waals surface area contributed by atoms with Crippen LogP contribution < -0.4 is 11.1 Å². The van der Waals surface area contributed by atoms with E-state index in [0.29, 0.717) is 19.6 Å². The molecule has 6 nitrogen and oxygen atoms in total. The largest absolute Gasteiger partial charge is 0.370 e. The van der Waals surface area contributed by atoms with Crippen molar-refractivity contribution < 1.29 is 14.4 Å². The van der Waals surface area contributed by atoms with Crippen LogP contribution in [0, 0.1) is 0 Å². The van der Waals surface area contributed by atoms with Crippen molar-refractivity contribution in [1.82, 2.24) is 10.2 Å². The maximum Gasteiger partial charge on any atom is 0.253 e. The second-order valence-corrected chi connectivity index (χ2v) is 3.13. The lowest BCUT2D eigenvalue weighted by molar-refractivity contribution is -0.136. The Bertz CT molecular complexity index is 294. The number of hydrogen-bond acceptors (Lipinski definition) is 4. The molecule has 0 atom stereocenters. The van der Waals surface area contributed by atoms with Gasteiger partial charge in [0.1, 0.15) is 0 Å². The number of hydrogen-bond donors (Lipinski definition) is 2. The molecule has 1 aliphatic heterocycles. The van der Waals surface area contributed by atoms with Crippen LogP contribution in [-0.4, -0.2) is 42.3 Å². The highest BCUT2D eigenvalue weighted by Crippen LogP contribution is 2.01. The first-order valence-corrected chi connectivity index (χ1v) is 4.64. The van der Waals surface area contributed by atoms with Crippen molar-refractivity contribution in [2.24, 2.45) is 5.73 Å². The van der Waals surface area contributed by atoms with Gasteiger partial charge in [-0.25, -0.2) is 0 Å². The summed E-state index contributed by atoms with van der Waals surface area (Å²) in [6.45, 7) is 1.23. The van der Waals surface area contributed by atoms with E-state index in [2.05, 4.69) is 5.32 Å². The first kappa shape index (κ1) is 11.4. The Labute approximate surface area is 87.1 Å². The van der Waals surface area contributed by atoms with E-state index < -0.39 is 0 Å². The molecule has 0 aliphatic carbocycles. The third-order valence-corrected chi connectivity index (χ3v) is 1.96. The third kappa shape index (κ3) is 3.51. The fourth-order valence-corrected chi connectivity index (χ4v) is 1.18. The van der Waals surface area contributed by atoms with Gasteiger partial charge >= 0.3 is 0 Å². The fourth-order valence-electron chi connectivity index (χ4n) is 1.18. The molecule has 82 valence electrons. The molecule has 0 saturated carbocycles. The lowest BCUT2D eigenvalue weighted by Gasteiger charge is -2.13. The van der Waals surface area contributed by atoms with E-state index in [0.717, 1.165) is 4.90 Å². The Morgan fingerprint density at radius 3 is 2.40 bits per heavy atom. The Balaban J connectivity index is 2.13. The topological polar surface area (TPSA) is 92.5 Å². The van der Waals surface area contributed by atoms with Crippen LogP contribution in [-0.2, 0) is 14.4 Å². The van der Waals surface area contributed by atoms with Crippen LogP contribution in [0.15, 0.2) is 12.2 Å². The quantitative estimate of drug-likeness (QED) is 0.408. The van der Waals surface area contributed by atoms with Crippen LogP contribution in [0.4, 0.5) is 0 Å². The smallest absolute Gasteiger partial charge is 0.253 e.